The molecule has 0 atom stereocenters. The van der Waals surface area contributed by atoms with Gasteiger partial charge in [-0.25, -0.2) is 8.42 Å². The van der Waals surface area contributed by atoms with Crippen LogP contribution in [0.5, 0.6) is 0 Å². The van der Waals surface area contributed by atoms with Gasteiger partial charge in [-0.15, -0.1) is 0 Å². The van der Waals surface area contributed by atoms with Crippen molar-refractivity contribution in [2.45, 2.75) is 37.6 Å². The Bertz CT molecular complexity index is 1280. The van der Waals surface area contributed by atoms with Gasteiger partial charge in [-0.2, -0.15) is 0 Å². The van der Waals surface area contributed by atoms with E-state index in [0.29, 0.717) is 5.69 Å². The molecule has 0 aliphatic rings. The van der Waals surface area contributed by atoms with Gasteiger partial charge in [0.25, 0.3) is 10.0 Å². The molecule has 0 aliphatic heterocycles. The summed E-state index contributed by atoms with van der Waals surface area (Å²) in [4.78, 5) is 17.0. The molecule has 3 aromatic rings. The largest absolute Gasteiger partial charge is 0.395 e. The van der Waals surface area contributed by atoms with Gasteiger partial charge in [-0.1, -0.05) is 69.3 Å². The highest BCUT2D eigenvalue weighted by Gasteiger charge is 2.30. The smallest absolute Gasteiger partial charge is 0.264 e. The monoisotopic (exact) mass is 523 g/mol. The van der Waals surface area contributed by atoms with Gasteiger partial charge in [0.1, 0.15) is 6.54 Å². The van der Waals surface area contributed by atoms with E-state index in [1.807, 2.05) is 67.5 Å². The van der Waals surface area contributed by atoms with Crippen molar-refractivity contribution in [3.63, 3.8) is 0 Å². The number of benzene rings is 3. The van der Waals surface area contributed by atoms with Crippen molar-refractivity contribution in [1.29, 1.82) is 0 Å². The summed E-state index contributed by atoms with van der Waals surface area (Å²) in [6.45, 7) is 5.94. The molecule has 1 amide bonds. The second-order valence-electron chi connectivity index (χ2n) is 10.2. The Morgan fingerprint density at radius 3 is 2.05 bits per heavy atom. The lowest BCUT2D eigenvalue weighted by Gasteiger charge is -2.29. The minimum absolute atomic E-state index is 0.0969. The molecule has 0 aliphatic carbocycles. The lowest BCUT2D eigenvalue weighted by Crippen LogP contribution is -2.43. The molecule has 0 spiro atoms. The van der Waals surface area contributed by atoms with E-state index < -0.39 is 22.5 Å². The van der Waals surface area contributed by atoms with Crippen LogP contribution in [0.4, 0.5) is 11.4 Å². The number of carbonyl (C=O) groups is 1. The van der Waals surface area contributed by atoms with Crippen LogP contribution in [-0.2, 0) is 26.8 Å². The number of aliphatic hydroxyl groups excluding tert-OH is 1. The van der Waals surface area contributed by atoms with Crippen molar-refractivity contribution >= 4 is 27.3 Å². The predicted octanol–water partition coefficient (Wildman–Crippen LogP) is 4.27. The normalized spacial score (nSPS) is 11.7. The first-order valence-electron chi connectivity index (χ1n) is 12.3. The van der Waals surface area contributed by atoms with Crippen LogP contribution in [0, 0.1) is 0 Å². The van der Waals surface area contributed by atoms with Crippen molar-refractivity contribution in [2.24, 2.45) is 0 Å². The van der Waals surface area contributed by atoms with E-state index in [1.165, 1.54) is 4.90 Å². The minimum atomic E-state index is -4.07. The van der Waals surface area contributed by atoms with Crippen LogP contribution in [0.25, 0.3) is 0 Å². The van der Waals surface area contributed by atoms with Crippen molar-refractivity contribution in [3.8, 4) is 0 Å². The second-order valence-corrected chi connectivity index (χ2v) is 12.1. The first-order chi connectivity index (χ1) is 17.4. The van der Waals surface area contributed by atoms with E-state index in [9.17, 15) is 18.3 Å². The molecular formula is C29H37N3O4S. The van der Waals surface area contributed by atoms with Gasteiger partial charge in [-0.3, -0.25) is 9.10 Å². The van der Waals surface area contributed by atoms with Crippen LogP contribution in [-0.4, -0.2) is 58.1 Å². The van der Waals surface area contributed by atoms with Crippen LogP contribution in [0.2, 0.25) is 0 Å². The highest BCUT2D eigenvalue weighted by Crippen LogP contribution is 2.29. The molecule has 3 rings (SSSR count). The SMILES string of the molecule is CN(C)c1cccc(N(CC(=O)N(CCO)Cc2ccccc2)S(=O)(=O)c2ccc(C(C)(C)C)cc2)c1. The molecule has 7 nitrogen and oxygen atoms in total. The Morgan fingerprint density at radius 1 is 0.865 bits per heavy atom. The topological polar surface area (TPSA) is 81.2 Å². The third kappa shape index (κ3) is 7.11. The average molecular weight is 524 g/mol. The van der Waals surface area contributed by atoms with E-state index >= 15 is 0 Å². The summed E-state index contributed by atoms with van der Waals surface area (Å²) < 4.78 is 29.0. The fourth-order valence-corrected chi connectivity index (χ4v) is 5.34. The Kier molecular flexibility index (Phi) is 8.99. The lowest BCUT2D eigenvalue weighted by atomic mass is 9.87. The molecule has 0 unspecified atom stereocenters. The Labute approximate surface area is 221 Å². The van der Waals surface area contributed by atoms with E-state index in [1.54, 1.807) is 30.3 Å². The maximum Gasteiger partial charge on any atom is 0.264 e. The van der Waals surface area contributed by atoms with Crippen LogP contribution < -0.4 is 9.21 Å². The molecule has 8 heteroatoms. The molecule has 1 N–H and O–H groups in total. The highest BCUT2D eigenvalue weighted by atomic mass is 32.2. The summed E-state index contributed by atoms with van der Waals surface area (Å²) in [5, 5.41) is 9.61. The van der Waals surface area contributed by atoms with Gasteiger partial charge in [0.2, 0.25) is 5.91 Å². The van der Waals surface area contributed by atoms with E-state index in [0.717, 1.165) is 21.1 Å². The van der Waals surface area contributed by atoms with Gasteiger partial charge < -0.3 is 14.9 Å². The third-order valence-electron chi connectivity index (χ3n) is 6.16. The van der Waals surface area contributed by atoms with Crippen molar-refractivity contribution in [1.82, 2.24) is 4.90 Å². The van der Waals surface area contributed by atoms with Gasteiger partial charge in [0.05, 0.1) is 17.2 Å². The number of aliphatic hydroxyl groups is 1. The summed E-state index contributed by atoms with van der Waals surface area (Å²) in [7, 11) is -0.326. The standard InChI is InChI=1S/C29H37N3O4S/c1-29(2,3)24-14-16-27(17-15-24)37(35,36)32(26-13-9-12-25(20-26)30(4)5)22-28(34)31(18-19-33)21-23-10-7-6-8-11-23/h6-17,20,33H,18-19,21-22H2,1-5H3. The molecule has 0 saturated heterocycles. The van der Waals surface area contributed by atoms with E-state index in [4.69, 9.17) is 0 Å². The second kappa shape index (κ2) is 11.8. The Hall–Kier alpha value is -3.36. The zero-order valence-electron chi connectivity index (χ0n) is 22.3. The van der Waals surface area contributed by atoms with Crippen molar-refractivity contribution < 1.29 is 18.3 Å². The van der Waals surface area contributed by atoms with Crippen molar-refractivity contribution in [2.75, 3.05) is 43.0 Å². The molecule has 0 saturated carbocycles. The number of hydrogen-bond donors (Lipinski definition) is 1. The van der Waals surface area contributed by atoms with Gasteiger partial charge in [0, 0.05) is 32.9 Å². The molecule has 3 aromatic carbocycles. The molecule has 198 valence electrons. The number of anilines is 2. The quantitative estimate of drug-likeness (QED) is 0.429. The van der Waals surface area contributed by atoms with E-state index in [2.05, 4.69) is 20.8 Å². The fraction of sp³-hybridized carbons (Fsp3) is 0.345. The lowest BCUT2D eigenvalue weighted by molar-refractivity contribution is -0.130. The first-order valence-corrected chi connectivity index (χ1v) is 13.7. The summed E-state index contributed by atoms with van der Waals surface area (Å²) in [5.41, 5.74) is 2.99. The van der Waals surface area contributed by atoms with Crippen LogP contribution in [0.1, 0.15) is 31.9 Å². The maximum absolute atomic E-state index is 13.9. The number of nitrogens with zero attached hydrogens (tertiary/aromatic N) is 3. The van der Waals surface area contributed by atoms with Gasteiger partial charge in [-0.05, 0) is 46.9 Å². The number of sulfonamides is 1. The molecule has 0 aromatic heterocycles. The molecular weight excluding hydrogens is 486 g/mol. The highest BCUT2D eigenvalue weighted by molar-refractivity contribution is 7.92. The van der Waals surface area contributed by atoms with Gasteiger partial charge >= 0.3 is 0 Å². The summed E-state index contributed by atoms with van der Waals surface area (Å²) in [6, 6.07) is 23.3. The summed E-state index contributed by atoms with van der Waals surface area (Å²) >= 11 is 0. The predicted molar refractivity (Wildman–Crippen MR) is 149 cm³/mol. The minimum Gasteiger partial charge on any atom is -0.395 e. The van der Waals surface area contributed by atoms with Crippen molar-refractivity contribution in [3.05, 3.63) is 90.0 Å². The van der Waals surface area contributed by atoms with Crippen LogP contribution in [0.3, 0.4) is 0 Å². The molecule has 0 bridgehead atoms. The van der Waals surface area contributed by atoms with E-state index in [-0.39, 0.29) is 30.0 Å². The fourth-order valence-electron chi connectivity index (χ4n) is 3.93. The molecule has 37 heavy (non-hydrogen) atoms. The number of carbonyl (C=O) groups excluding carboxylic acids is 1. The van der Waals surface area contributed by atoms with Gasteiger partial charge in [0.15, 0.2) is 0 Å². The Morgan fingerprint density at radius 2 is 1.49 bits per heavy atom. The maximum atomic E-state index is 13.9. The third-order valence-corrected chi connectivity index (χ3v) is 7.95. The molecule has 0 fully saturated rings. The first kappa shape index (κ1) is 28.2. The summed E-state index contributed by atoms with van der Waals surface area (Å²) in [6.07, 6.45) is 0. The molecule has 0 heterocycles. The zero-order chi connectivity index (χ0) is 27.2. The number of rotatable bonds is 10. The van der Waals surface area contributed by atoms with Crippen LogP contribution >= 0.6 is 0 Å². The number of hydrogen-bond acceptors (Lipinski definition) is 5. The number of amides is 1. The zero-order valence-corrected chi connectivity index (χ0v) is 23.1. The average Bonchev–Trinajstić information content (AvgIpc) is 2.87. The Balaban J connectivity index is 2.01. The summed E-state index contributed by atoms with van der Waals surface area (Å²) in [5.74, 6) is -0.400. The van der Waals surface area contributed by atoms with Crippen LogP contribution in [0.15, 0.2) is 83.8 Å². The molecule has 0 radical (unpaired) electrons.